The number of hydrogen-bond donors (Lipinski definition) is 2. The Labute approximate surface area is 120 Å². The molecule has 0 bridgehead atoms. The third-order valence-electron chi connectivity index (χ3n) is 4.14. The van der Waals surface area contributed by atoms with Gasteiger partial charge in [0, 0.05) is 26.2 Å². The zero-order valence-corrected chi connectivity index (χ0v) is 12.8. The van der Waals surface area contributed by atoms with Gasteiger partial charge >= 0.3 is 0 Å². The Hall–Kier alpha value is -0.120. The normalized spacial score (nSPS) is 16.9. The van der Waals surface area contributed by atoms with E-state index in [1.54, 1.807) is 0 Å². The molecule has 114 valence electrons. The summed E-state index contributed by atoms with van der Waals surface area (Å²) in [4.78, 5) is 2.61. The van der Waals surface area contributed by atoms with E-state index in [-0.39, 0.29) is 0 Å². The van der Waals surface area contributed by atoms with Crippen molar-refractivity contribution in [2.75, 3.05) is 39.3 Å². The topological polar surface area (TPSA) is 41.3 Å². The second kappa shape index (κ2) is 12.9. The van der Waals surface area contributed by atoms with Gasteiger partial charge in [-0.05, 0) is 25.9 Å². The number of rotatable bonds is 12. The predicted octanol–water partition coefficient (Wildman–Crippen LogP) is 2.75. The van der Waals surface area contributed by atoms with Crippen molar-refractivity contribution in [2.24, 2.45) is 5.73 Å². The molecule has 0 saturated carbocycles. The average Bonchev–Trinajstić information content (AvgIpc) is 2.46. The lowest BCUT2D eigenvalue weighted by Crippen LogP contribution is -2.43. The molecule has 0 amide bonds. The fraction of sp³-hybridized carbons (Fsp3) is 1.00. The summed E-state index contributed by atoms with van der Waals surface area (Å²) < 4.78 is 0. The maximum atomic E-state index is 5.48. The van der Waals surface area contributed by atoms with Crippen LogP contribution in [0.15, 0.2) is 0 Å². The number of nitrogens with one attached hydrogen (secondary N) is 1. The standard InChI is InChI=1S/C16H35N3/c17-11-9-7-5-3-1-2-4-6-8-10-14-19-15-12-18-13-16-19/h18H,1-17H2. The Bertz CT molecular complexity index is 179. The van der Waals surface area contributed by atoms with Crippen LogP contribution in [0.5, 0.6) is 0 Å². The summed E-state index contributed by atoms with van der Waals surface area (Å²) in [6.07, 6.45) is 13.9. The SMILES string of the molecule is NCCCCCCCCCCCCN1CCNCC1. The van der Waals surface area contributed by atoms with Crippen molar-refractivity contribution in [3.63, 3.8) is 0 Å². The Balaban J connectivity index is 1.71. The molecule has 3 heteroatoms. The van der Waals surface area contributed by atoms with E-state index in [1.807, 2.05) is 0 Å². The molecule has 19 heavy (non-hydrogen) atoms. The Morgan fingerprint density at radius 1 is 0.684 bits per heavy atom. The fourth-order valence-electron chi connectivity index (χ4n) is 2.83. The van der Waals surface area contributed by atoms with Gasteiger partial charge in [-0.3, -0.25) is 0 Å². The molecule has 1 saturated heterocycles. The van der Waals surface area contributed by atoms with Crippen LogP contribution in [0.25, 0.3) is 0 Å². The first kappa shape index (κ1) is 16.9. The van der Waals surface area contributed by atoms with Crippen LogP contribution in [0.3, 0.4) is 0 Å². The van der Waals surface area contributed by atoms with Crippen LogP contribution in [-0.2, 0) is 0 Å². The van der Waals surface area contributed by atoms with Crippen LogP contribution in [0.2, 0.25) is 0 Å². The number of hydrogen-bond acceptors (Lipinski definition) is 3. The van der Waals surface area contributed by atoms with E-state index >= 15 is 0 Å². The molecule has 0 aromatic rings. The first-order valence-corrected chi connectivity index (χ1v) is 8.56. The third-order valence-corrected chi connectivity index (χ3v) is 4.14. The average molecular weight is 269 g/mol. The number of nitrogens with zero attached hydrogens (tertiary/aromatic N) is 1. The molecule has 1 fully saturated rings. The van der Waals surface area contributed by atoms with Gasteiger partial charge < -0.3 is 16.0 Å². The molecule has 0 aromatic carbocycles. The third kappa shape index (κ3) is 10.3. The van der Waals surface area contributed by atoms with Crippen molar-refractivity contribution in [1.82, 2.24) is 10.2 Å². The Morgan fingerprint density at radius 3 is 1.68 bits per heavy atom. The summed E-state index contributed by atoms with van der Waals surface area (Å²) in [6.45, 7) is 7.06. The lowest BCUT2D eigenvalue weighted by molar-refractivity contribution is 0.236. The minimum Gasteiger partial charge on any atom is -0.330 e. The highest BCUT2D eigenvalue weighted by Crippen LogP contribution is 2.10. The summed E-state index contributed by atoms with van der Waals surface area (Å²) in [5.74, 6) is 0. The van der Waals surface area contributed by atoms with Gasteiger partial charge in [-0.25, -0.2) is 0 Å². The molecule has 0 aromatic heterocycles. The number of nitrogens with two attached hydrogens (primary N) is 1. The lowest BCUT2D eigenvalue weighted by atomic mass is 10.1. The van der Waals surface area contributed by atoms with Crippen LogP contribution in [-0.4, -0.2) is 44.2 Å². The van der Waals surface area contributed by atoms with Gasteiger partial charge in [-0.1, -0.05) is 51.4 Å². The predicted molar refractivity (Wildman–Crippen MR) is 84.5 cm³/mol. The highest BCUT2D eigenvalue weighted by atomic mass is 15.2. The van der Waals surface area contributed by atoms with Crippen LogP contribution < -0.4 is 11.1 Å². The molecule has 3 N–H and O–H groups in total. The molecular weight excluding hydrogens is 234 g/mol. The lowest BCUT2D eigenvalue weighted by Gasteiger charge is -2.27. The molecule has 1 aliphatic heterocycles. The van der Waals surface area contributed by atoms with E-state index in [0.717, 1.165) is 6.54 Å². The van der Waals surface area contributed by atoms with Crippen molar-refractivity contribution in [3.8, 4) is 0 Å². The molecule has 1 heterocycles. The van der Waals surface area contributed by atoms with Gasteiger partial charge in [0.05, 0.1) is 0 Å². The van der Waals surface area contributed by atoms with Crippen LogP contribution in [0.1, 0.15) is 64.2 Å². The van der Waals surface area contributed by atoms with E-state index in [2.05, 4.69) is 10.2 Å². The second-order valence-corrected chi connectivity index (χ2v) is 5.92. The summed E-state index contributed by atoms with van der Waals surface area (Å²) >= 11 is 0. The van der Waals surface area contributed by atoms with E-state index in [4.69, 9.17) is 5.73 Å². The minimum atomic E-state index is 0.868. The largest absolute Gasteiger partial charge is 0.330 e. The zero-order chi connectivity index (χ0) is 13.6. The first-order valence-electron chi connectivity index (χ1n) is 8.56. The molecule has 0 unspecified atom stereocenters. The zero-order valence-electron chi connectivity index (χ0n) is 12.8. The summed E-state index contributed by atoms with van der Waals surface area (Å²) in [5.41, 5.74) is 5.48. The summed E-state index contributed by atoms with van der Waals surface area (Å²) in [7, 11) is 0. The smallest absolute Gasteiger partial charge is 0.0107 e. The van der Waals surface area contributed by atoms with E-state index in [0.29, 0.717) is 0 Å². The Kier molecular flexibility index (Phi) is 11.5. The van der Waals surface area contributed by atoms with E-state index in [9.17, 15) is 0 Å². The molecule has 3 nitrogen and oxygen atoms in total. The van der Waals surface area contributed by atoms with Gasteiger partial charge in [-0.2, -0.15) is 0 Å². The molecule has 1 rings (SSSR count). The maximum Gasteiger partial charge on any atom is 0.0107 e. The van der Waals surface area contributed by atoms with Gasteiger partial charge in [0.1, 0.15) is 0 Å². The molecule has 0 radical (unpaired) electrons. The quantitative estimate of drug-likeness (QED) is 0.535. The van der Waals surface area contributed by atoms with Gasteiger partial charge in [0.15, 0.2) is 0 Å². The summed E-state index contributed by atoms with van der Waals surface area (Å²) in [5, 5.41) is 3.41. The molecule has 0 aliphatic carbocycles. The highest BCUT2D eigenvalue weighted by molar-refractivity contribution is 4.67. The van der Waals surface area contributed by atoms with Crippen molar-refractivity contribution in [2.45, 2.75) is 64.2 Å². The number of unbranched alkanes of at least 4 members (excludes halogenated alkanes) is 9. The number of piperazine rings is 1. The van der Waals surface area contributed by atoms with E-state index < -0.39 is 0 Å². The fourth-order valence-corrected chi connectivity index (χ4v) is 2.83. The van der Waals surface area contributed by atoms with Crippen LogP contribution in [0.4, 0.5) is 0 Å². The summed E-state index contributed by atoms with van der Waals surface area (Å²) in [6, 6.07) is 0. The van der Waals surface area contributed by atoms with Crippen molar-refractivity contribution in [3.05, 3.63) is 0 Å². The van der Waals surface area contributed by atoms with E-state index in [1.165, 1.54) is 96.9 Å². The van der Waals surface area contributed by atoms with Crippen LogP contribution in [0, 0.1) is 0 Å². The van der Waals surface area contributed by atoms with Gasteiger partial charge in [-0.15, -0.1) is 0 Å². The Morgan fingerprint density at radius 2 is 1.16 bits per heavy atom. The van der Waals surface area contributed by atoms with Crippen molar-refractivity contribution < 1.29 is 0 Å². The van der Waals surface area contributed by atoms with Crippen molar-refractivity contribution >= 4 is 0 Å². The molecule has 0 spiro atoms. The molecule has 0 atom stereocenters. The van der Waals surface area contributed by atoms with Crippen molar-refractivity contribution in [1.29, 1.82) is 0 Å². The maximum absolute atomic E-state index is 5.48. The molecule has 1 aliphatic rings. The van der Waals surface area contributed by atoms with Gasteiger partial charge in [0.25, 0.3) is 0 Å². The monoisotopic (exact) mass is 269 g/mol. The molecular formula is C16H35N3. The second-order valence-electron chi connectivity index (χ2n) is 5.92. The highest BCUT2D eigenvalue weighted by Gasteiger charge is 2.07. The van der Waals surface area contributed by atoms with Gasteiger partial charge in [0.2, 0.25) is 0 Å². The minimum absolute atomic E-state index is 0.868. The first-order chi connectivity index (χ1) is 9.43. The van der Waals surface area contributed by atoms with Crippen LogP contribution >= 0.6 is 0 Å².